The van der Waals surface area contributed by atoms with Gasteiger partial charge in [0.1, 0.15) is 4.60 Å². The van der Waals surface area contributed by atoms with Crippen molar-refractivity contribution in [3.8, 4) is 0 Å². The Balaban J connectivity index is 2.05. The molecule has 0 amide bonds. The summed E-state index contributed by atoms with van der Waals surface area (Å²) in [4.78, 5) is 11.5. The summed E-state index contributed by atoms with van der Waals surface area (Å²) >= 11 is 3.37. The van der Waals surface area contributed by atoms with Gasteiger partial charge in [0.2, 0.25) is 0 Å². The molecule has 2 aromatic rings. The number of H-pyrrole nitrogens is 1. The molecule has 0 atom stereocenters. The van der Waals surface area contributed by atoms with Crippen molar-refractivity contribution >= 4 is 21.6 Å². The molecule has 0 unspecified atom stereocenters. The van der Waals surface area contributed by atoms with E-state index in [4.69, 9.17) is 0 Å². The van der Waals surface area contributed by atoms with Gasteiger partial charge < -0.3 is 10.3 Å². The minimum absolute atomic E-state index is 0.706. The lowest BCUT2D eigenvalue weighted by molar-refractivity contribution is 1.04. The molecule has 16 heavy (non-hydrogen) atoms. The summed E-state index contributed by atoms with van der Waals surface area (Å²) in [6, 6.07) is 2.05. The van der Waals surface area contributed by atoms with Gasteiger partial charge in [-0.05, 0) is 41.4 Å². The molecule has 2 aromatic heterocycles. The molecular weight excluding hydrogens is 268 g/mol. The number of halogens is 1. The van der Waals surface area contributed by atoms with Gasteiger partial charge in [0.15, 0.2) is 0 Å². The van der Waals surface area contributed by atoms with Gasteiger partial charge in [0.25, 0.3) is 0 Å². The molecule has 2 N–H and O–H groups in total. The van der Waals surface area contributed by atoms with Crippen molar-refractivity contribution in [3.05, 3.63) is 40.1 Å². The van der Waals surface area contributed by atoms with Gasteiger partial charge in [0, 0.05) is 5.69 Å². The third-order valence-electron chi connectivity index (χ3n) is 2.41. The fourth-order valence-corrected chi connectivity index (χ4v) is 1.62. The first kappa shape index (κ1) is 11.1. The van der Waals surface area contributed by atoms with Gasteiger partial charge in [-0.25, -0.2) is 9.97 Å². The van der Waals surface area contributed by atoms with E-state index in [1.165, 1.54) is 0 Å². The second-order valence-electron chi connectivity index (χ2n) is 3.66. The van der Waals surface area contributed by atoms with E-state index in [-0.39, 0.29) is 0 Å². The van der Waals surface area contributed by atoms with Gasteiger partial charge in [-0.2, -0.15) is 0 Å². The molecule has 0 bridgehead atoms. The Hall–Kier alpha value is -1.36. The van der Waals surface area contributed by atoms with E-state index >= 15 is 0 Å². The van der Waals surface area contributed by atoms with E-state index in [1.54, 1.807) is 12.5 Å². The second-order valence-corrected chi connectivity index (χ2v) is 4.41. The molecule has 2 rings (SSSR count). The van der Waals surface area contributed by atoms with E-state index in [1.807, 2.05) is 13.8 Å². The molecule has 84 valence electrons. The van der Waals surface area contributed by atoms with Crippen LogP contribution in [0.15, 0.2) is 23.2 Å². The number of anilines is 1. The predicted octanol–water partition coefficient (Wildman–Crippen LogP) is 2.80. The lowest BCUT2D eigenvalue weighted by Gasteiger charge is -2.06. The predicted molar refractivity (Wildman–Crippen MR) is 67.3 cm³/mol. The smallest absolute Gasteiger partial charge is 0.109 e. The molecule has 0 fully saturated rings. The lowest BCUT2D eigenvalue weighted by atomic mass is 10.3. The molecule has 0 radical (unpaired) electrons. The van der Waals surface area contributed by atoms with Crippen molar-refractivity contribution < 1.29 is 0 Å². The number of hydrogen-bond donors (Lipinski definition) is 2. The topological polar surface area (TPSA) is 53.6 Å². The molecule has 0 aromatic carbocycles. The van der Waals surface area contributed by atoms with Crippen LogP contribution in [0, 0.1) is 13.8 Å². The van der Waals surface area contributed by atoms with E-state index in [0.717, 1.165) is 27.2 Å². The number of rotatable bonds is 3. The second kappa shape index (κ2) is 4.65. The summed E-state index contributed by atoms with van der Waals surface area (Å²) in [6.45, 7) is 4.73. The highest BCUT2D eigenvalue weighted by Crippen LogP contribution is 2.17. The van der Waals surface area contributed by atoms with Crippen LogP contribution in [0.3, 0.4) is 0 Å². The molecule has 0 aliphatic heterocycles. The Bertz CT molecular complexity index is 492. The van der Waals surface area contributed by atoms with Crippen LogP contribution in [0.25, 0.3) is 0 Å². The molecule has 0 spiro atoms. The largest absolute Gasteiger partial charge is 0.378 e. The summed E-state index contributed by atoms with van der Waals surface area (Å²) in [5.41, 5.74) is 4.24. The van der Waals surface area contributed by atoms with Gasteiger partial charge in [-0.15, -0.1) is 0 Å². The monoisotopic (exact) mass is 280 g/mol. The SMILES string of the molecule is Cc1cc(NCc2nc[nH]c2C)cnc1Br. The first-order valence-corrected chi connectivity index (χ1v) is 5.81. The average Bonchev–Trinajstić information content (AvgIpc) is 2.66. The standard InChI is InChI=1S/C11H13BrN4/c1-7-3-9(4-14-11(7)12)13-5-10-8(2)15-6-16-10/h3-4,6,13H,5H2,1-2H3,(H,15,16). The van der Waals surface area contributed by atoms with Crippen LogP contribution < -0.4 is 5.32 Å². The number of nitrogens with zero attached hydrogens (tertiary/aromatic N) is 2. The molecule has 0 aliphatic carbocycles. The third-order valence-corrected chi connectivity index (χ3v) is 3.24. The first-order chi connectivity index (χ1) is 7.66. The minimum Gasteiger partial charge on any atom is -0.378 e. The maximum atomic E-state index is 4.23. The molecule has 0 saturated carbocycles. The number of aromatic nitrogens is 3. The Kier molecular flexibility index (Phi) is 3.24. The fourth-order valence-electron chi connectivity index (χ4n) is 1.41. The van der Waals surface area contributed by atoms with Crippen molar-refractivity contribution in [1.82, 2.24) is 15.0 Å². The van der Waals surface area contributed by atoms with E-state index < -0.39 is 0 Å². The van der Waals surface area contributed by atoms with E-state index in [2.05, 4.69) is 42.3 Å². The maximum absolute atomic E-state index is 4.23. The van der Waals surface area contributed by atoms with Gasteiger partial charge >= 0.3 is 0 Å². The molecule has 2 heterocycles. The summed E-state index contributed by atoms with van der Waals surface area (Å²) < 4.78 is 0.883. The van der Waals surface area contributed by atoms with Crippen molar-refractivity contribution in [3.63, 3.8) is 0 Å². The van der Waals surface area contributed by atoms with Crippen LogP contribution in [0.1, 0.15) is 17.0 Å². The van der Waals surface area contributed by atoms with Crippen LogP contribution in [0.4, 0.5) is 5.69 Å². The number of imidazole rings is 1. The Morgan fingerprint density at radius 3 is 2.81 bits per heavy atom. The zero-order chi connectivity index (χ0) is 11.5. The highest BCUT2D eigenvalue weighted by Gasteiger charge is 2.02. The maximum Gasteiger partial charge on any atom is 0.109 e. The number of aromatic amines is 1. The fraction of sp³-hybridized carbons (Fsp3) is 0.273. The van der Waals surface area contributed by atoms with Gasteiger partial charge in [0.05, 0.1) is 30.5 Å². The van der Waals surface area contributed by atoms with Crippen molar-refractivity contribution in [1.29, 1.82) is 0 Å². The van der Waals surface area contributed by atoms with Crippen molar-refractivity contribution in [2.24, 2.45) is 0 Å². The van der Waals surface area contributed by atoms with Gasteiger partial charge in [-0.1, -0.05) is 0 Å². The van der Waals surface area contributed by atoms with Crippen LogP contribution in [-0.2, 0) is 6.54 Å². The Morgan fingerprint density at radius 2 is 2.19 bits per heavy atom. The average molecular weight is 281 g/mol. The lowest BCUT2D eigenvalue weighted by Crippen LogP contribution is -2.02. The van der Waals surface area contributed by atoms with Crippen LogP contribution in [0.5, 0.6) is 0 Å². The molecule has 4 nitrogen and oxygen atoms in total. The van der Waals surface area contributed by atoms with Crippen LogP contribution in [0.2, 0.25) is 0 Å². The summed E-state index contributed by atoms with van der Waals surface area (Å²) in [7, 11) is 0. The molecule has 0 aliphatic rings. The normalized spacial score (nSPS) is 10.4. The van der Waals surface area contributed by atoms with Crippen LogP contribution in [-0.4, -0.2) is 15.0 Å². The van der Waals surface area contributed by atoms with Crippen LogP contribution >= 0.6 is 15.9 Å². The van der Waals surface area contributed by atoms with E-state index in [0.29, 0.717) is 6.54 Å². The Morgan fingerprint density at radius 1 is 1.38 bits per heavy atom. The van der Waals surface area contributed by atoms with Crippen molar-refractivity contribution in [2.75, 3.05) is 5.32 Å². The highest BCUT2D eigenvalue weighted by atomic mass is 79.9. The van der Waals surface area contributed by atoms with Crippen molar-refractivity contribution in [2.45, 2.75) is 20.4 Å². The molecule has 0 saturated heterocycles. The quantitative estimate of drug-likeness (QED) is 0.851. The molecular formula is C11H13BrN4. The summed E-state index contributed by atoms with van der Waals surface area (Å²) in [5.74, 6) is 0. The number of nitrogens with one attached hydrogen (secondary N) is 2. The van der Waals surface area contributed by atoms with Gasteiger partial charge in [-0.3, -0.25) is 0 Å². The minimum atomic E-state index is 0.706. The number of aryl methyl sites for hydroxylation is 2. The Labute approximate surface area is 103 Å². The van der Waals surface area contributed by atoms with E-state index in [9.17, 15) is 0 Å². The number of hydrogen-bond acceptors (Lipinski definition) is 3. The third kappa shape index (κ3) is 2.41. The first-order valence-electron chi connectivity index (χ1n) is 5.01. The zero-order valence-corrected chi connectivity index (χ0v) is 10.8. The summed E-state index contributed by atoms with van der Waals surface area (Å²) in [5, 5.41) is 3.29. The zero-order valence-electron chi connectivity index (χ0n) is 9.21. The number of pyridine rings is 1. The molecule has 5 heteroatoms. The highest BCUT2D eigenvalue weighted by molar-refractivity contribution is 9.10. The summed E-state index contributed by atoms with van der Waals surface area (Å²) in [6.07, 6.45) is 3.51.